The van der Waals surface area contributed by atoms with Gasteiger partial charge in [-0.25, -0.2) is 8.78 Å². The van der Waals surface area contributed by atoms with Gasteiger partial charge in [-0.2, -0.15) is 0 Å². The Bertz CT molecular complexity index is 691. The Hall–Kier alpha value is -1.24. The maximum absolute atomic E-state index is 13.7. The van der Waals surface area contributed by atoms with Gasteiger partial charge in [0.15, 0.2) is 0 Å². The van der Waals surface area contributed by atoms with Gasteiger partial charge in [0.05, 0.1) is 5.02 Å². The molecule has 0 radical (unpaired) electrons. The summed E-state index contributed by atoms with van der Waals surface area (Å²) in [4.78, 5) is 12.4. The van der Waals surface area contributed by atoms with Gasteiger partial charge in [0.2, 0.25) is 0 Å². The summed E-state index contributed by atoms with van der Waals surface area (Å²) < 4.78 is 27.4. The largest absolute Gasteiger partial charge is 0.350 e. The summed E-state index contributed by atoms with van der Waals surface area (Å²) in [6.07, 6.45) is -0.483. The number of halogens is 3. The van der Waals surface area contributed by atoms with E-state index in [4.69, 9.17) is 11.6 Å². The third kappa shape index (κ3) is 2.88. The van der Waals surface area contributed by atoms with Gasteiger partial charge >= 0.3 is 0 Å². The number of thiophene rings is 1. The van der Waals surface area contributed by atoms with Crippen LogP contribution < -0.4 is 10.6 Å². The first-order valence-electron chi connectivity index (χ1n) is 6.58. The molecular weight excluding hydrogens is 318 g/mol. The van der Waals surface area contributed by atoms with Crippen molar-refractivity contribution < 1.29 is 13.6 Å². The number of carbonyl (C=O) groups excluding carboxylic acids is 1. The SMILES string of the molecule is O=C(NC[C@@H]1C[C@H](F)CN1)c1sc2cccc(F)c2c1Cl. The Morgan fingerprint density at radius 3 is 3.00 bits per heavy atom. The van der Waals surface area contributed by atoms with Crippen LogP contribution in [0.4, 0.5) is 8.78 Å². The molecule has 21 heavy (non-hydrogen) atoms. The molecule has 2 heterocycles. The van der Waals surface area contributed by atoms with Crippen LogP contribution in [0.15, 0.2) is 18.2 Å². The molecule has 0 bridgehead atoms. The van der Waals surface area contributed by atoms with Crippen LogP contribution >= 0.6 is 22.9 Å². The molecule has 3 rings (SSSR count). The fourth-order valence-electron chi connectivity index (χ4n) is 2.44. The van der Waals surface area contributed by atoms with E-state index in [0.717, 1.165) is 11.3 Å². The van der Waals surface area contributed by atoms with Gasteiger partial charge in [-0.15, -0.1) is 11.3 Å². The second-order valence-corrected chi connectivity index (χ2v) is 6.44. The van der Waals surface area contributed by atoms with Gasteiger partial charge in [-0.05, 0) is 18.6 Å². The molecule has 1 aromatic heterocycles. The lowest BCUT2D eigenvalue weighted by molar-refractivity contribution is 0.0954. The number of amides is 1. The van der Waals surface area contributed by atoms with E-state index in [9.17, 15) is 13.6 Å². The molecule has 0 spiro atoms. The molecular formula is C14H13ClF2N2OS. The van der Waals surface area contributed by atoms with Gasteiger partial charge in [0, 0.05) is 29.2 Å². The molecule has 1 aromatic carbocycles. The lowest BCUT2D eigenvalue weighted by Gasteiger charge is -2.10. The number of fused-ring (bicyclic) bond motifs is 1. The molecule has 0 saturated carbocycles. The molecule has 1 fully saturated rings. The molecule has 2 atom stereocenters. The first-order valence-corrected chi connectivity index (χ1v) is 7.78. The summed E-state index contributed by atoms with van der Waals surface area (Å²) in [7, 11) is 0. The van der Waals surface area contributed by atoms with Gasteiger partial charge in [-0.1, -0.05) is 17.7 Å². The summed E-state index contributed by atoms with van der Waals surface area (Å²) in [5, 5.41) is 6.11. The van der Waals surface area contributed by atoms with Crippen LogP contribution in [0.1, 0.15) is 16.1 Å². The number of rotatable bonds is 3. The molecule has 2 aromatic rings. The van der Waals surface area contributed by atoms with Crippen molar-refractivity contribution in [3.8, 4) is 0 Å². The maximum Gasteiger partial charge on any atom is 0.262 e. The smallest absolute Gasteiger partial charge is 0.262 e. The standard InChI is InChI=1S/C14H13ClF2N2OS/c15-12-11-9(17)2-1-3-10(11)21-13(12)14(20)19-6-8-4-7(16)5-18-8/h1-3,7-8,18H,4-6H2,(H,19,20)/t7-,8-/m0/s1. The van der Waals surface area contributed by atoms with Crippen LogP contribution in [-0.4, -0.2) is 31.2 Å². The van der Waals surface area contributed by atoms with E-state index in [2.05, 4.69) is 10.6 Å². The summed E-state index contributed by atoms with van der Waals surface area (Å²) in [6, 6.07) is 4.54. The van der Waals surface area contributed by atoms with Crippen molar-refractivity contribution in [3.05, 3.63) is 33.9 Å². The normalized spacial score (nSPS) is 21.9. The summed E-state index contributed by atoms with van der Waals surface area (Å²) in [5.41, 5.74) is 0. The van der Waals surface area contributed by atoms with Crippen molar-refractivity contribution in [2.24, 2.45) is 0 Å². The van der Waals surface area contributed by atoms with Crippen molar-refractivity contribution in [1.82, 2.24) is 10.6 Å². The second-order valence-electron chi connectivity index (χ2n) is 5.01. The van der Waals surface area contributed by atoms with Crippen molar-refractivity contribution >= 4 is 38.9 Å². The monoisotopic (exact) mass is 330 g/mol. The van der Waals surface area contributed by atoms with Crippen LogP contribution in [-0.2, 0) is 0 Å². The minimum absolute atomic E-state index is 0.0751. The Morgan fingerprint density at radius 1 is 1.52 bits per heavy atom. The molecule has 2 N–H and O–H groups in total. The van der Waals surface area contributed by atoms with Crippen LogP contribution in [0, 0.1) is 5.82 Å². The number of alkyl halides is 1. The fourth-order valence-corrected chi connectivity index (χ4v) is 3.91. The first-order chi connectivity index (χ1) is 10.1. The van der Waals surface area contributed by atoms with Gasteiger partial charge in [0.1, 0.15) is 16.9 Å². The molecule has 3 nitrogen and oxygen atoms in total. The molecule has 7 heteroatoms. The lowest BCUT2D eigenvalue weighted by Crippen LogP contribution is -2.36. The van der Waals surface area contributed by atoms with E-state index in [0.29, 0.717) is 24.2 Å². The van der Waals surface area contributed by atoms with Gasteiger partial charge in [0.25, 0.3) is 5.91 Å². The average Bonchev–Trinajstić information content (AvgIpc) is 3.01. The van der Waals surface area contributed by atoms with Crippen molar-refractivity contribution in [1.29, 1.82) is 0 Å². The van der Waals surface area contributed by atoms with Crippen LogP contribution in [0.3, 0.4) is 0 Å². The van der Waals surface area contributed by atoms with E-state index in [1.165, 1.54) is 6.07 Å². The molecule has 1 aliphatic heterocycles. The lowest BCUT2D eigenvalue weighted by atomic mass is 10.2. The second kappa shape index (κ2) is 5.87. The Balaban J connectivity index is 1.76. The molecule has 112 valence electrons. The highest BCUT2D eigenvalue weighted by Gasteiger charge is 2.25. The fraction of sp³-hybridized carbons (Fsp3) is 0.357. The third-order valence-corrected chi connectivity index (χ3v) is 5.13. The quantitative estimate of drug-likeness (QED) is 0.908. The topological polar surface area (TPSA) is 41.1 Å². The van der Waals surface area contributed by atoms with E-state index >= 15 is 0 Å². The Labute approximate surface area is 129 Å². The van der Waals surface area contributed by atoms with E-state index in [1.54, 1.807) is 12.1 Å². The first kappa shape index (κ1) is 14.7. The minimum atomic E-state index is -0.867. The summed E-state index contributed by atoms with van der Waals surface area (Å²) >= 11 is 7.26. The highest BCUT2D eigenvalue weighted by Crippen LogP contribution is 2.36. The Kier molecular flexibility index (Phi) is 4.10. The number of hydrogen-bond donors (Lipinski definition) is 2. The number of benzene rings is 1. The van der Waals surface area contributed by atoms with Gasteiger partial charge in [-0.3, -0.25) is 4.79 Å². The number of carbonyl (C=O) groups is 1. The van der Waals surface area contributed by atoms with Crippen LogP contribution in [0.25, 0.3) is 10.1 Å². The average molecular weight is 331 g/mol. The molecule has 0 aliphatic carbocycles. The van der Waals surface area contributed by atoms with E-state index < -0.39 is 12.0 Å². The summed E-state index contributed by atoms with van der Waals surface area (Å²) in [5.74, 6) is -0.796. The molecule has 1 saturated heterocycles. The predicted molar refractivity (Wildman–Crippen MR) is 80.4 cm³/mol. The van der Waals surface area contributed by atoms with Crippen molar-refractivity contribution in [3.63, 3.8) is 0 Å². The number of hydrogen-bond acceptors (Lipinski definition) is 3. The molecule has 0 unspecified atom stereocenters. The van der Waals surface area contributed by atoms with Crippen molar-refractivity contribution in [2.75, 3.05) is 13.1 Å². The number of nitrogens with one attached hydrogen (secondary N) is 2. The van der Waals surface area contributed by atoms with E-state index in [1.807, 2.05) is 0 Å². The van der Waals surface area contributed by atoms with Crippen molar-refractivity contribution in [2.45, 2.75) is 18.6 Å². The van der Waals surface area contributed by atoms with E-state index in [-0.39, 0.29) is 27.2 Å². The minimum Gasteiger partial charge on any atom is -0.350 e. The summed E-state index contributed by atoms with van der Waals surface area (Å²) in [6.45, 7) is 0.641. The highest BCUT2D eigenvalue weighted by molar-refractivity contribution is 7.21. The highest BCUT2D eigenvalue weighted by atomic mass is 35.5. The van der Waals surface area contributed by atoms with Crippen LogP contribution in [0.5, 0.6) is 0 Å². The maximum atomic E-state index is 13.7. The predicted octanol–water partition coefficient (Wildman–Crippen LogP) is 3.12. The molecule has 1 aliphatic rings. The Morgan fingerprint density at radius 2 is 2.33 bits per heavy atom. The zero-order chi connectivity index (χ0) is 15.0. The zero-order valence-electron chi connectivity index (χ0n) is 11.0. The van der Waals surface area contributed by atoms with Crippen LogP contribution in [0.2, 0.25) is 5.02 Å². The zero-order valence-corrected chi connectivity index (χ0v) is 12.5. The third-order valence-electron chi connectivity index (χ3n) is 3.49. The molecule has 1 amide bonds. The van der Waals surface area contributed by atoms with Gasteiger partial charge < -0.3 is 10.6 Å².